The number of carbonyl (C=O) groups is 1. The van der Waals surface area contributed by atoms with Crippen LogP contribution in [-0.2, 0) is 19.5 Å². The minimum absolute atomic E-state index is 0. The largest absolute Gasteiger partial charge is 0.506 e. The summed E-state index contributed by atoms with van der Waals surface area (Å²) in [7, 11) is 0. The van der Waals surface area contributed by atoms with E-state index < -0.39 is 5.97 Å². The van der Waals surface area contributed by atoms with Crippen molar-refractivity contribution in [2.24, 2.45) is 0 Å². The zero-order chi connectivity index (χ0) is 13.1. The van der Waals surface area contributed by atoms with Crippen LogP contribution in [0.4, 0.5) is 0 Å². The molecule has 2 N–H and O–H groups in total. The number of aromatic hydroxyl groups is 1. The summed E-state index contributed by atoms with van der Waals surface area (Å²) in [6.07, 6.45) is 1.55. The van der Waals surface area contributed by atoms with Crippen molar-refractivity contribution >= 4 is 12.0 Å². The topological polar surface area (TPSA) is 57.5 Å². The number of carboxylic acid groups (broad SMARTS) is 1. The van der Waals surface area contributed by atoms with Gasteiger partial charge in [0.15, 0.2) is 0 Å². The van der Waals surface area contributed by atoms with E-state index in [1.54, 1.807) is 12.1 Å². The van der Waals surface area contributed by atoms with Gasteiger partial charge in [-0.15, -0.1) is 0 Å². The van der Waals surface area contributed by atoms with Crippen molar-refractivity contribution in [3.63, 3.8) is 0 Å². The van der Waals surface area contributed by atoms with Gasteiger partial charge in [-0.05, 0) is 23.3 Å². The van der Waals surface area contributed by atoms with E-state index >= 15 is 0 Å². The molecule has 2 rings (SSSR count). The number of phenols is 1. The van der Waals surface area contributed by atoms with Gasteiger partial charge >= 0.3 is 5.97 Å². The monoisotopic (exact) mass is 304 g/mol. The fraction of sp³-hybridized carbons (Fsp3) is 0. The molecular formula is C15H12O3Zn. The number of aromatic carboxylic acids is 1. The fourth-order valence-electron chi connectivity index (χ4n) is 1.78. The fourth-order valence-corrected chi connectivity index (χ4v) is 1.78. The van der Waals surface area contributed by atoms with E-state index in [4.69, 9.17) is 5.11 Å². The van der Waals surface area contributed by atoms with E-state index in [-0.39, 0.29) is 30.8 Å². The third-order valence-corrected chi connectivity index (χ3v) is 2.68. The molecule has 0 saturated carbocycles. The average Bonchev–Trinajstić information content (AvgIpc) is 2.39. The van der Waals surface area contributed by atoms with E-state index in [2.05, 4.69) is 6.58 Å². The molecule has 0 amide bonds. The molecule has 0 aliphatic rings. The van der Waals surface area contributed by atoms with Gasteiger partial charge in [0.1, 0.15) is 11.3 Å². The maximum atomic E-state index is 11.1. The van der Waals surface area contributed by atoms with Crippen LogP contribution in [0.5, 0.6) is 5.75 Å². The Morgan fingerprint density at radius 2 is 1.79 bits per heavy atom. The molecule has 3 nitrogen and oxygen atoms in total. The molecule has 2 aromatic rings. The average molecular weight is 306 g/mol. The molecule has 0 aliphatic carbocycles. The van der Waals surface area contributed by atoms with Crippen LogP contribution in [0.3, 0.4) is 0 Å². The van der Waals surface area contributed by atoms with E-state index in [1.807, 2.05) is 30.3 Å². The van der Waals surface area contributed by atoms with Crippen molar-refractivity contribution in [1.82, 2.24) is 0 Å². The standard InChI is InChI=1S/C15H12O3.Zn/c1-2-10-8-12(11-6-4-3-5-7-11)14(16)13(9-10)15(17)18;/h2-9,16H,1H2,(H,17,18);. The predicted octanol–water partition coefficient (Wildman–Crippen LogP) is 3.40. The summed E-state index contributed by atoms with van der Waals surface area (Å²) in [6.45, 7) is 3.62. The van der Waals surface area contributed by atoms with Gasteiger partial charge in [0, 0.05) is 25.0 Å². The summed E-state index contributed by atoms with van der Waals surface area (Å²) >= 11 is 0. The zero-order valence-corrected chi connectivity index (χ0v) is 13.3. The van der Waals surface area contributed by atoms with Crippen molar-refractivity contribution < 1.29 is 34.5 Å². The second-order valence-electron chi connectivity index (χ2n) is 3.84. The van der Waals surface area contributed by atoms with Crippen molar-refractivity contribution in [1.29, 1.82) is 0 Å². The van der Waals surface area contributed by atoms with Crippen LogP contribution in [0.2, 0.25) is 0 Å². The van der Waals surface area contributed by atoms with Gasteiger partial charge in [-0.25, -0.2) is 4.79 Å². The van der Waals surface area contributed by atoms with Crippen molar-refractivity contribution in [2.75, 3.05) is 0 Å². The van der Waals surface area contributed by atoms with E-state index in [0.717, 1.165) is 5.56 Å². The third kappa shape index (κ3) is 3.09. The number of benzene rings is 2. The molecule has 19 heavy (non-hydrogen) atoms. The Bertz CT molecular complexity index is 606. The number of hydrogen-bond acceptors (Lipinski definition) is 2. The van der Waals surface area contributed by atoms with E-state index in [0.29, 0.717) is 11.1 Å². The second kappa shape index (κ2) is 6.30. The van der Waals surface area contributed by atoms with Crippen LogP contribution in [-0.4, -0.2) is 16.2 Å². The summed E-state index contributed by atoms with van der Waals surface area (Å²) in [5.74, 6) is -1.38. The molecule has 0 aliphatic heterocycles. The summed E-state index contributed by atoms with van der Waals surface area (Å²) in [5, 5.41) is 19.1. The minimum Gasteiger partial charge on any atom is -0.506 e. The minimum atomic E-state index is -1.16. The van der Waals surface area contributed by atoms with Crippen LogP contribution in [0.15, 0.2) is 49.0 Å². The Morgan fingerprint density at radius 3 is 2.32 bits per heavy atom. The maximum absolute atomic E-state index is 11.1. The molecule has 92 valence electrons. The molecule has 0 heterocycles. The van der Waals surface area contributed by atoms with Crippen LogP contribution < -0.4 is 0 Å². The van der Waals surface area contributed by atoms with Crippen molar-refractivity contribution in [2.45, 2.75) is 0 Å². The molecule has 0 fully saturated rings. The molecule has 0 bridgehead atoms. The Balaban J connectivity index is 0.00000180. The molecule has 0 aromatic heterocycles. The van der Waals surface area contributed by atoms with Gasteiger partial charge < -0.3 is 10.2 Å². The first-order valence-electron chi connectivity index (χ1n) is 5.41. The number of hydrogen-bond donors (Lipinski definition) is 2. The molecular weight excluding hydrogens is 294 g/mol. The Kier molecular flexibility index (Phi) is 5.02. The van der Waals surface area contributed by atoms with E-state index in [1.165, 1.54) is 6.07 Å². The first kappa shape index (κ1) is 15.1. The molecule has 0 unspecified atom stereocenters. The van der Waals surface area contributed by atoms with Gasteiger partial charge in [0.25, 0.3) is 0 Å². The SMILES string of the molecule is C=Cc1cc(C(=O)O)c(O)c(-c2ccccc2)c1.[Zn]. The van der Waals surface area contributed by atoms with Crippen LogP contribution >= 0.6 is 0 Å². The normalized spacial score (nSPS) is 9.47. The summed E-state index contributed by atoms with van der Waals surface area (Å²) < 4.78 is 0. The smallest absolute Gasteiger partial charge is 0.339 e. The van der Waals surface area contributed by atoms with Gasteiger partial charge in [0.05, 0.1) is 0 Å². The number of rotatable bonds is 3. The van der Waals surface area contributed by atoms with Crippen LogP contribution in [0, 0.1) is 0 Å². The van der Waals surface area contributed by atoms with Gasteiger partial charge in [-0.1, -0.05) is 43.0 Å². The predicted molar refractivity (Wildman–Crippen MR) is 70.6 cm³/mol. The Morgan fingerprint density at radius 1 is 1.16 bits per heavy atom. The Labute approximate surface area is 124 Å². The van der Waals surface area contributed by atoms with Gasteiger partial charge in [-0.3, -0.25) is 0 Å². The Hall–Kier alpha value is -1.93. The molecule has 0 spiro atoms. The first-order valence-corrected chi connectivity index (χ1v) is 5.41. The third-order valence-electron chi connectivity index (χ3n) is 2.68. The zero-order valence-electron chi connectivity index (χ0n) is 10.3. The van der Waals surface area contributed by atoms with Crippen LogP contribution in [0.1, 0.15) is 15.9 Å². The summed E-state index contributed by atoms with van der Waals surface area (Å²) in [4.78, 5) is 11.1. The van der Waals surface area contributed by atoms with E-state index in [9.17, 15) is 9.90 Å². The maximum Gasteiger partial charge on any atom is 0.339 e. The van der Waals surface area contributed by atoms with Gasteiger partial charge in [-0.2, -0.15) is 0 Å². The first-order chi connectivity index (χ1) is 8.63. The quantitative estimate of drug-likeness (QED) is 0.855. The van der Waals surface area contributed by atoms with Gasteiger partial charge in [0.2, 0.25) is 0 Å². The number of carboxylic acids is 1. The van der Waals surface area contributed by atoms with Crippen molar-refractivity contribution in [3.05, 3.63) is 60.2 Å². The second-order valence-corrected chi connectivity index (χ2v) is 3.84. The molecule has 4 heteroatoms. The molecule has 0 atom stereocenters. The molecule has 0 saturated heterocycles. The summed E-state index contributed by atoms with van der Waals surface area (Å²) in [5.41, 5.74) is 1.79. The molecule has 0 radical (unpaired) electrons. The summed E-state index contributed by atoms with van der Waals surface area (Å²) in [6, 6.07) is 12.3. The van der Waals surface area contributed by atoms with Crippen LogP contribution in [0.25, 0.3) is 17.2 Å². The molecule has 2 aromatic carbocycles. The van der Waals surface area contributed by atoms with Crippen molar-refractivity contribution in [3.8, 4) is 16.9 Å².